The molecule has 1 atom stereocenters. The molecule has 0 bridgehead atoms. The van der Waals surface area contributed by atoms with E-state index in [1.54, 1.807) is 29.6 Å². The molecule has 160 valence electrons. The highest BCUT2D eigenvalue weighted by atomic mass is 32.2. The summed E-state index contributed by atoms with van der Waals surface area (Å²) >= 11 is 1.13. The number of carbonyl (C=O) groups is 1. The second kappa shape index (κ2) is 9.59. The SMILES string of the molecule is CN(c1ccc(OCC(=O)NC(C#N)c2ccccc2F)cc1)S(=O)(=O)c1cccs1. The van der Waals surface area contributed by atoms with E-state index in [0.29, 0.717) is 11.4 Å². The van der Waals surface area contributed by atoms with Crippen LogP contribution in [0.5, 0.6) is 5.75 Å². The average Bonchev–Trinajstić information content (AvgIpc) is 3.32. The fourth-order valence-corrected chi connectivity index (χ4v) is 5.03. The van der Waals surface area contributed by atoms with Gasteiger partial charge in [-0.25, -0.2) is 12.8 Å². The average molecular weight is 460 g/mol. The molecule has 0 saturated carbocycles. The molecule has 3 aromatic rings. The smallest absolute Gasteiger partial charge is 0.273 e. The molecule has 0 spiro atoms. The molecule has 0 aliphatic heterocycles. The molecule has 7 nitrogen and oxygen atoms in total. The van der Waals surface area contributed by atoms with Crippen LogP contribution in [-0.4, -0.2) is 28.0 Å². The number of carbonyl (C=O) groups excluding carboxylic acids is 1. The van der Waals surface area contributed by atoms with Gasteiger partial charge < -0.3 is 10.1 Å². The molecule has 1 unspecified atom stereocenters. The maximum Gasteiger partial charge on any atom is 0.273 e. The van der Waals surface area contributed by atoms with Crippen molar-refractivity contribution in [3.8, 4) is 11.8 Å². The zero-order chi connectivity index (χ0) is 22.4. The van der Waals surface area contributed by atoms with Gasteiger partial charge in [-0.2, -0.15) is 5.26 Å². The van der Waals surface area contributed by atoms with E-state index in [1.165, 1.54) is 43.4 Å². The van der Waals surface area contributed by atoms with E-state index in [2.05, 4.69) is 5.32 Å². The number of ether oxygens (including phenoxy) is 1. The van der Waals surface area contributed by atoms with Gasteiger partial charge in [0.1, 0.15) is 21.8 Å². The summed E-state index contributed by atoms with van der Waals surface area (Å²) in [5.41, 5.74) is 0.493. The Kier molecular flexibility index (Phi) is 6.89. The van der Waals surface area contributed by atoms with E-state index >= 15 is 0 Å². The Morgan fingerprint density at radius 2 is 1.90 bits per heavy atom. The Labute approximate surface area is 183 Å². The van der Waals surface area contributed by atoms with Crippen LogP contribution < -0.4 is 14.4 Å². The number of hydrogen-bond donors (Lipinski definition) is 1. The predicted molar refractivity (Wildman–Crippen MR) is 115 cm³/mol. The van der Waals surface area contributed by atoms with E-state index in [0.717, 1.165) is 15.6 Å². The normalized spacial score (nSPS) is 11.9. The number of benzene rings is 2. The third-order valence-corrected chi connectivity index (χ3v) is 7.49. The van der Waals surface area contributed by atoms with Crippen LogP contribution in [0.25, 0.3) is 0 Å². The second-order valence-corrected chi connectivity index (χ2v) is 9.48. The summed E-state index contributed by atoms with van der Waals surface area (Å²) in [4.78, 5) is 12.1. The first-order valence-electron chi connectivity index (χ1n) is 9.01. The van der Waals surface area contributed by atoms with Crippen molar-refractivity contribution in [2.45, 2.75) is 10.3 Å². The molecular weight excluding hydrogens is 441 g/mol. The first-order chi connectivity index (χ1) is 14.8. The number of rotatable bonds is 8. The third kappa shape index (κ3) is 5.20. The van der Waals surface area contributed by atoms with Gasteiger partial charge in [-0.3, -0.25) is 9.10 Å². The summed E-state index contributed by atoms with van der Waals surface area (Å²) in [5.74, 6) is -0.857. The fourth-order valence-electron chi connectivity index (χ4n) is 2.68. The van der Waals surface area contributed by atoms with Crippen molar-refractivity contribution in [3.05, 3.63) is 77.4 Å². The fraction of sp³-hybridized carbons (Fsp3) is 0.143. The van der Waals surface area contributed by atoms with E-state index < -0.39 is 34.4 Å². The lowest BCUT2D eigenvalue weighted by atomic mass is 10.1. The number of nitriles is 1. The minimum Gasteiger partial charge on any atom is -0.484 e. The molecule has 3 rings (SSSR count). The zero-order valence-corrected chi connectivity index (χ0v) is 18.0. The molecule has 1 amide bonds. The van der Waals surface area contributed by atoms with Crippen LogP contribution in [0, 0.1) is 17.1 Å². The minimum absolute atomic E-state index is 0.0673. The number of thiophene rings is 1. The second-order valence-electron chi connectivity index (χ2n) is 6.34. The molecule has 31 heavy (non-hydrogen) atoms. The van der Waals surface area contributed by atoms with Crippen LogP contribution in [0.1, 0.15) is 11.6 Å². The van der Waals surface area contributed by atoms with Gasteiger partial charge in [0.2, 0.25) is 0 Å². The molecule has 0 radical (unpaired) electrons. The van der Waals surface area contributed by atoms with Crippen LogP contribution in [-0.2, 0) is 14.8 Å². The van der Waals surface area contributed by atoms with E-state index in [4.69, 9.17) is 4.74 Å². The number of nitrogens with zero attached hydrogens (tertiary/aromatic N) is 2. The van der Waals surface area contributed by atoms with Crippen molar-refractivity contribution in [2.24, 2.45) is 0 Å². The summed E-state index contributed by atoms with van der Waals surface area (Å²) in [5, 5.41) is 13.3. The van der Waals surface area contributed by atoms with Gasteiger partial charge in [-0.15, -0.1) is 11.3 Å². The van der Waals surface area contributed by atoms with Crippen molar-refractivity contribution in [1.82, 2.24) is 5.32 Å². The molecule has 1 aromatic heterocycles. The van der Waals surface area contributed by atoms with Gasteiger partial charge in [0.25, 0.3) is 15.9 Å². The van der Waals surface area contributed by atoms with Gasteiger partial charge in [0.05, 0.1) is 11.8 Å². The maximum atomic E-state index is 13.8. The minimum atomic E-state index is -3.65. The largest absolute Gasteiger partial charge is 0.484 e. The lowest BCUT2D eigenvalue weighted by Gasteiger charge is -2.18. The van der Waals surface area contributed by atoms with Gasteiger partial charge >= 0.3 is 0 Å². The van der Waals surface area contributed by atoms with Crippen LogP contribution in [0.4, 0.5) is 10.1 Å². The number of hydrogen-bond acceptors (Lipinski definition) is 6. The van der Waals surface area contributed by atoms with Gasteiger partial charge in [-0.1, -0.05) is 24.3 Å². The highest BCUT2D eigenvalue weighted by Gasteiger charge is 2.22. The molecule has 0 saturated heterocycles. The molecule has 0 aliphatic carbocycles. The van der Waals surface area contributed by atoms with Crippen LogP contribution in [0.3, 0.4) is 0 Å². The van der Waals surface area contributed by atoms with Crippen molar-refractivity contribution in [2.75, 3.05) is 18.0 Å². The van der Waals surface area contributed by atoms with E-state index in [9.17, 15) is 22.9 Å². The monoisotopic (exact) mass is 459 g/mol. The summed E-state index contributed by atoms with van der Waals surface area (Å²) in [6.07, 6.45) is 0. The lowest BCUT2D eigenvalue weighted by molar-refractivity contribution is -0.123. The zero-order valence-electron chi connectivity index (χ0n) is 16.4. The molecular formula is C21H18FN3O4S2. The van der Waals surface area contributed by atoms with Crippen molar-refractivity contribution < 1.29 is 22.3 Å². The standard InChI is InChI=1S/C21H18FN3O4S2/c1-25(31(27,28)21-7-4-12-30-21)15-8-10-16(11-9-15)29-14-20(26)24-19(13-23)17-5-2-3-6-18(17)22/h2-12,19H,14H2,1H3,(H,24,26). The van der Waals surface area contributed by atoms with Gasteiger partial charge in [-0.05, 0) is 41.8 Å². The molecule has 2 aromatic carbocycles. The Morgan fingerprint density at radius 1 is 1.19 bits per heavy atom. The molecule has 0 fully saturated rings. The lowest BCUT2D eigenvalue weighted by Crippen LogP contribution is -2.32. The summed E-state index contributed by atoms with van der Waals surface area (Å²) in [6.45, 7) is -0.394. The van der Waals surface area contributed by atoms with Crippen molar-refractivity contribution >= 4 is 33.0 Å². The maximum absolute atomic E-state index is 13.8. The van der Waals surface area contributed by atoms with Crippen LogP contribution >= 0.6 is 11.3 Å². The number of nitrogens with one attached hydrogen (secondary N) is 1. The first-order valence-corrected chi connectivity index (χ1v) is 11.3. The number of halogens is 1. The van der Waals surface area contributed by atoms with Gasteiger partial charge in [0.15, 0.2) is 6.61 Å². The molecule has 10 heteroatoms. The quantitative estimate of drug-likeness (QED) is 0.556. The van der Waals surface area contributed by atoms with E-state index in [1.807, 2.05) is 6.07 Å². The van der Waals surface area contributed by atoms with Crippen molar-refractivity contribution in [3.63, 3.8) is 0 Å². The Balaban J connectivity index is 1.60. The number of sulfonamides is 1. The molecule has 1 heterocycles. The van der Waals surface area contributed by atoms with E-state index in [-0.39, 0.29) is 9.77 Å². The highest BCUT2D eigenvalue weighted by Crippen LogP contribution is 2.26. The van der Waals surface area contributed by atoms with Crippen LogP contribution in [0.15, 0.2) is 70.3 Å². The third-order valence-electron chi connectivity index (χ3n) is 4.33. The highest BCUT2D eigenvalue weighted by molar-refractivity contribution is 7.94. The Morgan fingerprint density at radius 3 is 2.52 bits per heavy atom. The van der Waals surface area contributed by atoms with Crippen molar-refractivity contribution in [1.29, 1.82) is 5.26 Å². The number of amides is 1. The summed E-state index contributed by atoms with van der Waals surface area (Å²) in [6, 6.07) is 15.7. The topological polar surface area (TPSA) is 99.5 Å². The predicted octanol–water partition coefficient (Wildman–Crippen LogP) is 3.47. The summed E-state index contributed by atoms with van der Waals surface area (Å²) in [7, 11) is -2.20. The Bertz CT molecular complexity index is 1190. The first kappa shape index (κ1) is 22.3. The van der Waals surface area contributed by atoms with Gasteiger partial charge in [0, 0.05) is 12.6 Å². The summed E-state index contributed by atoms with van der Waals surface area (Å²) < 4.78 is 45.7. The number of anilines is 1. The molecule has 1 N–H and O–H groups in total. The van der Waals surface area contributed by atoms with Crippen LogP contribution in [0.2, 0.25) is 0 Å². The molecule has 0 aliphatic rings. The Hall–Kier alpha value is -3.42.